The molecule has 4 nitrogen and oxygen atoms in total. The lowest BCUT2D eigenvalue weighted by molar-refractivity contribution is 0.221. The monoisotopic (exact) mass is 486 g/mol. The Morgan fingerprint density at radius 2 is 0.757 bits per heavy atom. The highest BCUT2D eigenvalue weighted by molar-refractivity contribution is 5.58. The number of aliphatic hydroxyl groups is 2. The lowest BCUT2D eigenvalue weighted by atomic mass is 9.82. The SMILES string of the molecule is Nc1ccc(C(c2ccccc2)c2ccc(N)c(C(O)c3ccccc3)c2)cc1C(O)c1ccccc1. The molecule has 5 rings (SSSR count). The maximum absolute atomic E-state index is 11.2. The molecule has 0 bridgehead atoms. The fourth-order valence-corrected chi connectivity index (χ4v) is 4.87. The number of hydrogen-bond donors (Lipinski definition) is 4. The Kier molecular flexibility index (Phi) is 7.04. The van der Waals surface area contributed by atoms with Crippen LogP contribution in [0, 0.1) is 0 Å². The molecule has 0 heterocycles. The normalized spacial score (nSPS) is 13.6. The molecule has 0 aliphatic rings. The van der Waals surface area contributed by atoms with Gasteiger partial charge in [0, 0.05) is 28.4 Å². The molecule has 37 heavy (non-hydrogen) atoms. The number of nitrogen functional groups attached to an aromatic ring is 2. The van der Waals surface area contributed by atoms with E-state index < -0.39 is 12.2 Å². The van der Waals surface area contributed by atoms with Gasteiger partial charge < -0.3 is 21.7 Å². The van der Waals surface area contributed by atoms with Gasteiger partial charge in [0.25, 0.3) is 0 Å². The van der Waals surface area contributed by atoms with Gasteiger partial charge in [-0.1, -0.05) is 103 Å². The van der Waals surface area contributed by atoms with Crippen LogP contribution in [0.4, 0.5) is 11.4 Å². The summed E-state index contributed by atoms with van der Waals surface area (Å²) < 4.78 is 0. The van der Waals surface area contributed by atoms with Crippen LogP contribution in [0.1, 0.15) is 57.1 Å². The number of nitrogens with two attached hydrogens (primary N) is 2. The molecule has 0 amide bonds. The Bertz CT molecular complexity index is 1380. The number of rotatable bonds is 7. The molecule has 5 aromatic rings. The van der Waals surface area contributed by atoms with Crippen LogP contribution in [0.2, 0.25) is 0 Å². The van der Waals surface area contributed by atoms with Crippen LogP contribution < -0.4 is 11.5 Å². The smallest absolute Gasteiger partial charge is 0.106 e. The van der Waals surface area contributed by atoms with Crippen molar-refractivity contribution in [3.8, 4) is 0 Å². The van der Waals surface area contributed by atoms with Gasteiger partial charge in [-0.2, -0.15) is 0 Å². The summed E-state index contributed by atoms with van der Waals surface area (Å²) in [4.78, 5) is 0. The zero-order valence-corrected chi connectivity index (χ0v) is 20.4. The van der Waals surface area contributed by atoms with Crippen LogP contribution in [0.15, 0.2) is 127 Å². The first-order valence-corrected chi connectivity index (χ1v) is 12.3. The Labute approximate surface area is 217 Å². The Morgan fingerprint density at radius 1 is 0.405 bits per heavy atom. The van der Waals surface area contributed by atoms with E-state index in [9.17, 15) is 10.2 Å². The summed E-state index contributed by atoms with van der Waals surface area (Å²) in [6.07, 6.45) is -1.70. The van der Waals surface area contributed by atoms with Crippen molar-refractivity contribution in [2.24, 2.45) is 0 Å². The lowest BCUT2D eigenvalue weighted by Gasteiger charge is -2.24. The minimum atomic E-state index is -0.848. The molecule has 0 aliphatic heterocycles. The maximum Gasteiger partial charge on any atom is 0.106 e. The Morgan fingerprint density at radius 3 is 1.14 bits per heavy atom. The van der Waals surface area contributed by atoms with Crippen molar-refractivity contribution in [1.29, 1.82) is 0 Å². The minimum Gasteiger partial charge on any atom is -0.398 e. The molecule has 2 unspecified atom stereocenters. The summed E-state index contributed by atoms with van der Waals surface area (Å²) in [5, 5.41) is 22.3. The molecule has 0 aliphatic carbocycles. The first-order valence-electron chi connectivity index (χ1n) is 12.3. The van der Waals surface area contributed by atoms with E-state index in [0.29, 0.717) is 22.5 Å². The van der Waals surface area contributed by atoms with Crippen LogP contribution in [-0.2, 0) is 0 Å². The molecular weight excluding hydrogens is 456 g/mol. The van der Waals surface area contributed by atoms with Crippen molar-refractivity contribution in [2.45, 2.75) is 18.1 Å². The second kappa shape index (κ2) is 10.7. The molecule has 5 aromatic carbocycles. The number of anilines is 2. The van der Waals surface area contributed by atoms with Crippen molar-refractivity contribution in [2.75, 3.05) is 11.5 Å². The Balaban J connectivity index is 1.62. The standard InChI is InChI=1S/C33H30N2O2/c34-29-18-16-25(20-27(29)32(36)23-12-6-2-7-13-23)31(22-10-4-1-5-11-22)26-17-19-30(35)28(21-26)33(37)24-14-8-3-9-15-24/h1-21,31-33,36-37H,34-35H2. The third-order valence-corrected chi connectivity index (χ3v) is 6.84. The summed E-state index contributed by atoms with van der Waals surface area (Å²) in [7, 11) is 0. The number of aliphatic hydroxyl groups excluding tert-OH is 2. The first kappa shape index (κ1) is 24.3. The number of hydrogen-bond acceptors (Lipinski definition) is 4. The van der Waals surface area contributed by atoms with Gasteiger partial charge in [-0.3, -0.25) is 0 Å². The molecule has 0 radical (unpaired) electrons. The molecule has 0 aromatic heterocycles. The van der Waals surface area contributed by atoms with Gasteiger partial charge in [0.05, 0.1) is 0 Å². The summed E-state index contributed by atoms with van der Waals surface area (Å²) in [6.45, 7) is 0. The van der Waals surface area contributed by atoms with Gasteiger partial charge in [-0.25, -0.2) is 0 Å². The second-order valence-electron chi connectivity index (χ2n) is 9.25. The van der Waals surface area contributed by atoms with E-state index in [1.807, 2.05) is 115 Å². The average molecular weight is 487 g/mol. The summed E-state index contributed by atoms with van der Waals surface area (Å²) in [5.74, 6) is -0.161. The van der Waals surface area contributed by atoms with Gasteiger partial charge in [-0.15, -0.1) is 0 Å². The quantitative estimate of drug-likeness (QED) is 0.163. The summed E-state index contributed by atoms with van der Waals surface area (Å²) >= 11 is 0. The van der Waals surface area contributed by atoms with E-state index >= 15 is 0 Å². The topological polar surface area (TPSA) is 92.5 Å². The zero-order valence-electron chi connectivity index (χ0n) is 20.4. The van der Waals surface area contributed by atoms with E-state index in [1.165, 1.54) is 0 Å². The number of benzene rings is 5. The van der Waals surface area contributed by atoms with Crippen molar-refractivity contribution in [1.82, 2.24) is 0 Å². The van der Waals surface area contributed by atoms with Crippen LogP contribution >= 0.6 is 0 Å². The molecule has 0 spiro atoms. The second-order valence-corrected chi connectivity index (χ2v) is 9.25. The van der Waals surface area contributed by atoms with Crippen molar-refractivity contribution >= 4 is 11.4 Å². The van der Waals surface area contributed by atoms with Gasteiger partial charge in [0.15, 0.2) is 0 Å². The molecule has 4 heteroatoms. The zero-order chi connectivity index (χ0) is 25.8. The lowest BCUT2D eigenvalue weighted by Crippen LogP contribution is -2.10. The molecule has 6 N–H and O–H groups in total. The third-order valence-electron chi connectivity index (χ3n) is 6.84. The summed E-state index contributed by atoms with van der Waals surface area (Å²) in [5.41, 5.74) is 19.7. The third kappa shape index (κ3) is 5.12. The highest BCUT2D eigenvalue weighted by atomic mass is 16.3. The highest BCUT2D eigenvalue weighted by Crippen LogP contribution is 2.38. The van der Waals surface area contributed by atoms with Gasteiger partial charge in [0.2, 0.25) is 0 Å². The minimum absolute atomic E-state index is 0.161. The van der Waals surface area contributed by atoms with Crippen molar-refractivity contribution in [3.63, 3.8) is 0 Å². The predicted octanol–water partition coefficient (Wildman–Crippen LogP) is 6.19. The molecule has 184 valence electrons. The van der Waals surface area contributed by atoms with E-state index in [2.05, 4.69) is 12.1 Å². The fraction of sp³-hybridized carbons (Fsp3) is 0.0909. The summed E-state index contributed by atoms with van der Waals surface area (Å²) in [6, 6.07) is 40.8. The van der Waals surface area contributed by atoms with Crippen LogP contribution in [0.25, 0.3) is 0 Å². The van der Waals surface area contributed by atoms with Gasteiger partial charge >= 0.3 is 0 Å². The average Bonchev–Trinajstić information content (AvgIpc) is 2.95. The molecule has 2 atom stereocenters. The predicted molar refractivity (Wildman–Crippen MR) is 150 cm³/mol. The first-order chi connectivity index (χ1) is 18.0. The van der Waals surface area contributed by atoms with Crippen LogP contribution in [0.5, 0.6) is 0 Å². The molecule has 0 fully saturated rings. The highest BCUT2D eigenvalue weighted by Gasteiger charge is 2.23. The van der Waals surface area contributed by atoms with E-state index in [0.717, 1.165) is 27.8 Å². The van der Waals surface area contributed by atoms with Crippen molar-refractivity contribution < 1.29 is 10.2 Å². The molecule has 0 saturated carbocycles. The van der Waals surface area contributed by atoms with Crippen LogP contribution in [0.3, 0.4) is 0 Å². The Hall–Kier alpha value is -4.38. The largest absolute Gasteiger partial charge is 0.398 e. The van der Waals surface area contributed by atoms with E-state index in [-0.39, 0.29) is 5.92 Å². The van der Waals surface area contributed by atoms with E-state index in [4.69, 9.17) is 11.5 Å². The molecular formula is C33H30N2O2. The van der Waals surface area contributed by atoms with Gasteiger partial charge in [-0.05, 0) is 52.1 Å². The maximum atomic E-state index is 11.2. The van der Waals surface area contributed by atoms with Crippen molar-refractivity contribution in [3.05, 3.63) is 166 Å². The van der Waals surface area contributed by atoms with E-state index in [1.54, 1.807) is 0 Å². The van der Waals surface area contributed by atoms with Gasteiger partial charge in [0.1, 0.15) is 12.2 Å². The molecule has 0 saturated heterocycles. The van der Waals surface area contributed by atoms with Crippen LogP contribution in [-0.4, -0.2) is 10.2 Å². The fourth-order valence-electron chi connectivity index (χ4n) is 4.87.